The van der Waals surface area contributed by atoms with Crippen LogP contribution in [0.25, 0.3) is 0 Å². The van der Waals surface area contributed by atoms with E-state index in [0.29, 0.717) is 23.7 Å². The maximum absolute atomic E-state index is 13.1. The summed E-state index contributed by atoms with van der Waals surface area (Å²) in [5, 5.41) is 0. The van der Waals surface area contributed by atoms with Crippen molar-refractivity contribution in [3.8, 4) is 11.5 Å². The monoisotopic (exact) mass is 380 g/mol. The van der Waals surface area contributed by atoms with Crippen LogP contribution < -0.4 is 14.4 Å². The van der Waals surface area contributed by atoms with Crippen LogP contribution in [-0.2, 0) is 22.6 Å². The van der Waals surface area contributed by atoms with E-state index in [2.05, 4.69) is 4.90 Å². The third-order valence-electron chi connectivity index (χ3n) is 5.67. The molecule has 0 aliphatic carbocycles. The van der Waals surface area contributed by atoms with Crippen molar-refractivity contribution in [1.82, 2.24) is 4.90 Å². The van der Waals surface area contributed by atoms with E-state index in [4.69, 9.17) is 9.47 Å². The first-order valence-electron chi connectivity index (χ1n) is 9.43. The number of rotatable bonds is 4. The standard InChI is InChI=1S/C22H24N2O4/c1-14-6-4-5-7-17(14)24-21(25)12-18(22(24)26)23-9-8-15-10-19(27-2)20(28-3)11-16(15)13-23/h4-7,10-11,18H,8-9,12-13H2,1-3H3/t18-/m0/s1. The fourth-order valence-electron chi connectivity index (χ4n) is 4.14. The molecule has 0 unspecified atom stereocenters. The number of hydrogen-bond acceptors (Lipinski definition) is 5. The lowest BCUT2D eigenvalue weighted by molar-refractivity contribution is -0.123. The minimum atomic E-state index is -0.423. The molecule has 0 saturated carbocycles. The second-order valence-electron chi connectivity index (χ2n) is 7.27. The Labute approximate surface area is 164 Å². The molecule has 2 aliphatic rings. The highest BCUT2D eigenvalue weighted by molar-refractivity contribution is 6.22. The molecule has 2 aliphatic heterocycles. The van der Waals surface area contributed by atoms with E-state index in [1.165, 1.54) is 10.5 Å². The van der Waals surface area contributed by atoms with Gasteiger partial charge in [0.15, 0.2) is 11.5 Å². The summed E-state index contributed by atoms with van der Waals surface area (Å²) in [4.78, 5) is 29.2. The van der Waals surface area contributed by atoms with Gasteiger partial charge in [0.05, 0.1) is 32.4 Å². The van der Waals surface area contributed by atoms with Crippen molar-refractivity contribution in [3.05, 3.63) is 53.1 Å². The normalized spacial score (nSPS) is 19.7. The number of amides is 2. The number of carbonyl (C=O) groups excluding carboxylic acids is 2. The van der Waals surface area contributed by atoms with Crippen LogP contribution in [0.15, 0.2) is 36.4 Å². The van der Waals surface area contributed by atoms with Crippen molar-refractivity contribution < 1.29 is 19.1 Å². The van der Waals surface area contributed by atoms with Crippen molar-refractivity contribution in [3.63, 3.8) is 0 Å². The molecule has 6 nitrogen and oxygen atoms in total. The Bertz CT molecular complexity index is 940. The van der Waals surface area contributed by atoms with E-state index in [1.807, 2.05) is 43.3 Å². The van der Waals surface area contributed by atoms with Gasteiger partial charge in [0.1, 0.15) is 0 Å². The number of fused-ring (bicyclic) bond motifs is 1. The minimum absolute atomic E-state index is 0.136. The summed E-state index contributed by atoms with van der Waals surface area (Å²) in [7, 11) is 3.24. The van der Waals surface area contributed by atoms with Crippen molar-refractivity contribution in [1.29, 1.82) is 0 Å². The fourth-order valence-corrected chi connectivity index (χ4v) is 4.14. The molecule has 0 N–H and O–H groups in total. The lowest BCUT2D eigenvalue weighted by Crippen LogP contribution is -2.44. The lowest BCUT2D eigenvalue weighted by Gasteiger charge is -2.32. The predicted molar refractivity (Wildman–Crippen MR) is 106 cm³/mol. The van der Waals surface area contributed by atoms with Crippen LogP contribution in [0.4, 0.5) is 5.69 Å². The van der Waals surface area contributed by atoms with Gasteiger partial charge in [0.25, 0.3) is 5.91 Å². The van der Waals surface area contributed by atoms with Gasteiger partial charge in [-0.15, -0.1) is 0 Å². The topological polar surface area (TPSA) is 59.1 Å². The number of anilines is 1. The first-order valence-corrected chi connectivity index (χ1v) is 9.43. The molecule has 28 heavy (non-hydrogen) atoms. The van der Waals surface area contributed by atoms with E-state index >= 15 is 0 Å². The van der Waals surface area contributed by atoms with Crippen LogP contribution in [0.1, 0.15) is 23.1 Å². The molecule has 2 aromatic carbocycles. The summed E-state index contributed by atoms with van der Waals surface area (Å²) in [5.41, 5.74) is 3.91. The highest BCUT2D eigenvalue weighted by atomic mass is 16.5. The Morgan fingerprint density at radius 1 is 1.00 bits per heavy atom. The Balaban J connectivity index is 1.59. The van der Waals surface area contributed by atoms with E-state index < -0.39 is 6.04 Å². The SMILES string of the molecule is COc1cc2c(cc1OC)CN([C@H]1CC(=O)N(c3ccccc3C)C1=O)CC2. The summed E-state index contributed by atoms with van der Waals surface area (Å²) < 4.78 is 10.8. The summed E-state index contributed by atoms with van der Waals surface area (Å²) in [5.74, 6) is 1.12. The molecule has 2 amide bonds. The van der Waals surface area contributed by atoms with E-state index in [0.717, 1.165) is 24.1 Å². The Morgan fingerprint density at radius 2 is 1.68 bits per heavy atom. The average molecular weight is 380 g/mol. The van der Waals surface area contributed by atoms with Crippen molar-refractivity contribution in [2.45, 2.75) is 32.4 Å². The van der Waals surface area contributed by atoms with Crippen LogP contribution in [-0.4, -0.2) is 43.5 Å². The Hall–Kier alpha value is -2.86. The largest absolute Gasteiger partial charge is 0.493 e. The van der Waals surface area contributed by atoms with E-state index in [1.54, 1.807) is 14.2 Å². The number of aryl methyl sites for hydroxylation is 1. The number of nitrogens with zero attached hydrogens (tertiary/aromatic N) is 2. The summed E-state index contributed by atoms with van der Waals surface area (Å²) in [6, 6.07) is 11.1. The van der Waals surface area contributed by atoms with Gasteiger partial charge < -0.3 is 9.47 Å². The van der Waals surface area contributed by atoms with Gasteiger partial charge in [-0.25, -0.2) is 4.90 Å². The summed E-state index contributed by atoms with van der Waals surface area (Å²) in [6.45, 7) is 3.26. The smallest absolute Gasteiger partial charge is 0.251 e. The molecule has 2 heterocycles. The molecule has 0 aromatic heterocycles. The lowest BCUT2D eigenvalue weighted by atomic mass is 9.97. The number of benzene rings is 2. The molecular weight excluding hydrogens is 356 g/mol. The molecule has 0 radical (unpaired) electrons. The Kier molecular flexibility index (Phi) is 4.81. The fraction of sp³-hybridized carbons (Fsp3) is 0.364. The van der Waals surface area contributed by atoms with Gasteiger partial charge in [-0.3, -0.25) is 14.5 Å². The molecular formula is C22H24N2O4. The molecule has 146 valence electrons. The number of ether oxygens (including phenoxy) is 2. The van der Waals surface area contributed by atoms with E-state index in [-0.39, 0.29) is 18.2 Å². The van der Waals surface area contributed by atoms with Gasteiger partial charge in [0, 0.05) is 13.1 Å². The molecule has 4 rings (SSSR count). The van der Waals surface area contributed by atoms with Crippen molar-refractivity contribution >= 4 is 17.5 Å². The average Bonchev–Trinajstić information content (AvgIpc) is 3.01. The molecule has 6 heteroatoms. The zero-order chi connectivity index (χ0) is 19.8. The predicted octanol–water partition coefficient (Wildman–Crippen LogP) is 2.70. The van der Waals surface area contributed by atoms with Crippen LogP contribution in [0.5, 0.6) is 11.5 Å². The zero-order valence-corrected chi connectivity index (χ0v) is 16.4. The first kappa shape index (κ1) is 18.5. The van der Waals surface area contributed by atoms with Gasteiger partial charge in [-0.05, 0) is 48.2 Å². The summed E-state index contributed by atoms with van der Waals surface area (Å²) in [6.07, 6.45) is 1.02. The van der Waals surface area contributed by atoms with Crippen LogP contribution in [0, 0.1) is 6.92 Å². The number of imide groups is 1. The van der Waals surface area contributed by atoms with Gasteiger partial charge in [0.2, 0.25) is 5.91 Å². The number of hydrogen-bond donors (Lipinski definition) is 0. The molecule has 2 aromatic rings. The molecule has 1 saturated heterocycles. The molecule has 1 fully saturated rings. The summed E-state index contributed by atoms with van der Waals surface area (Å²) >= 11 is 0. The van der Waals surface area contributed by atoms with E-state index in [9.17, 15) is 9.59 Å². The maximum Gasteiger partial charge on any atom is 0.251 e. The Morgan fingerprint density at radius 3 is 2.36 bits per heavy atom. The highest BCUT2D eigenvalue weighted by Gasteiger charge is 2.43. The van der Waals surface area contributed by atoms with Crippen molar-refractivity contribution in [2.75, 3.05) is 25.7 Å². The third kappa shape index (κ3) is 3.03. The second-order valence-corrected chi connectivity index (χ2v) is 7.27. The number of carbonyl (C=O) groups is 2. The van der Waals surface area contributed by atoms with Crippen LogP contribution >= 0.6 is 0 Å². The minimum Gasteiger partial charge on any atom is -0.493 e. The van der Waals surface area contributed by atoms with Crippen molar-refractivity contribution in [2.24, 2.45) is 0 Å². The van der Waals surface area contributed by atoms with Gasteiger partial charge in [-0.2, -0.15) is 0 Å². The molecule has 1 atom stereocenters. The molecule has 0 spiro atoms. The van der Waals surface area contributed by atoms with Gasteiger partial charge in [-0.1, -0.05) is 18.2 Å². The van der Waals surface area contributed by atoms with Crippen LogP contribution in [0.2, 0.25) is 0 Å². The zero-order valence-electron chi connectivity index (χ0n) is 16.4. The first-order chi connectivity index (χ1) is 13.5. The quantitative estimate of drug-likeness (QED) is 0.764. The van der Waals surface area contributed by atoms with Gasteiger partial charge >= 0.3 is 0 Å². The maximum atomic E-state index is 13.1. The number of methoxy groups -OCH3 is 2. The third-order valence-corrected chi connectivity index (χ3v) is 5.67. The second kappa shape index (κ2) is 7.28. The number of para-hydroxylation sites is 1. The molecule has 0 bridgehead atoms. The van der Waals surface area contributed by atoms with Crippen LogP contribution in [0.3, 0.4) is 0 Å². The highest BCUT2D eigenvalue weighted by Crippen LogP contribution is 2.35.